The van der Waals surface area contributed by atoms with Gasteiger partial charge >= 0.3 is 12.0 Å². The van der Waals surface area contributed by atoms with E-state index in [1.54, 1.807) is 0 Å². The van der Waals surface area contributed by atoms with Crippen LogP contribution in [-0.2, 0) is 9.53 Å². The van der Waals surface area contributed by atoms with Crippen molar-refractivity contribution in [2.45, 2.75) is 37.8 Å². The van der Waals surface area contributed by atoms with Gasteiger partial charge in [0.1, 0.15) is 0 Å². The third-order valence-electron chi connectivity index (χ3n) is 4.22. The Kier molecular flexibility index (Phi) is 3.35. The van der Waals surface area contributed by atoms with Gasteiger partial charge in [0, 0.05) is 12.6 Å². The van der Waals surface area contributed by atoms with Crippen LogP contribution in [-0.4, -0.2) is 53.8 Å². The molecular formula is C13H20N2O4. The third kappa shape index (κ3) is 2.83. The first-order valence-electron chi connectivity index (χ1n) is 7.04. The fourth-order valence-corrected chi connectivity index (χ4v) is 2.81. The van der Waals surface area contributed by atoms with E-state index in [9.17, 15) is 9.59 Å². The Morgan fingerprint density at radius 3 is 2.37 bits per heavy atom. The largest absolute Gasteiger partial charge is 0.480 e. The van der Waals surface area contributed by atoms with Gasteiger partial charge in [-0.15, -0.1) is 0 Å². The van der Waals surface area contributed by atoms with Crippen LogP contribution in [0.3, 0.4) is 0 Å². The summed E-state index contributed by atoms with van der Waals surface area (Å²) in [5, 5.41) is 12.2. The van der Waals surface area contributed by atoms with Crippen molar-refractivity contribution in [2.24, 2.45) is 11.8 Å². The Labute approximate surface area is 112 Å². The monoisotopic (exact) mass is 268 g/mol. The fraction of sp³-hybridized carbons (Fsp3) is 0.846. The highest BCUT2D eigenvalue weighted by Crippen LogP contribution is 2.44. The van der Waals surface area contributed by atoms with Gasteiger partial charge in [0.2, 0.25) is 0 Å². The van der Waals surface area contributed by atoms with Gasteiger partial charge in [-0.3, -0.25) is 0 Å². The second-order valence-electron chi connectivity index (χ2n) is 5.77. The van der Waals surface area contributed by atoms with E-state index in [1.807, 2.05) is 0 Å². The highest BCUT2D eigenvalue weighted by atomic mass is 16.5. The molecule has 6 nitrogen and oxygen atoms in total. The lowest BCUT2D eigenvalue weighted by Crippen LogP contribution is -2.57. The highest BCUT2D eigenvalue weighted by Gasteiger charge is 2.43. The Hall–Kier alpha value is -1.30. The van der Waals surface area contributed by atoms with E-state index in [4.69, 9.17) is 9.84 Å². The molecule has 1 aliphatic heterocycles. The molecule has 0 aromatic heterocycles. The first-order valence-corrected chi connectivity index (χ1v) is 7.04. The summed E-state index contributed by atoms with van der Waals surface area (Å²) in [5.41, 5.74) is 0. The number of hydrogen-bond donors (Lipinski definition) is 2. The van der Waals surface area contributed by atoms with Crippen LogP contribution in [0.1, 0.15) is 25.7 Å². The van der Waals surface area contributed by atoms with Gasteiger partial charge in [0.05, 0.1) is 13.2 Å². The molecule has 0 spiro atoms. The molecule has 2 amide bonds. The van der Waals surface area contributed by atoms with Crippen LogP contribution < -0.4 is 5.32 Å². The predicted molar refractivity (Wildman–Crippen MR) is 66.7 cm³/mol. The van der Waals surface area contributed by atoms with Gasteiger partial charge in [-0.05, 0) is 37.5 Å². The molecule has 0 radical (unpaired) electrons. The zero-order valence-electron chi connectivity index (χ0n) is 10.9. The van der Waals surface area contributed by atoms with Gasteiger partial charge in [-0.2, -0.15) is 0 Å². The van der Waals surface area contributed by atoms with E-state index >= 15 is 0 Å². The lowest BCUT2D eigenvalue weighted by molar-refractivity contribution is -0.147. The summed E-state index contributed by atoms with van der Waals surface area (Å²) in [5.74, 6) is 0.228. The third-order valence-corrected chi connectivity index (χ3v) is 4.22. The Morgan fingerprint density at radius 2 is 1.84 bits per heavy atom. The van der Waals surface area contributed by atoms with Crippen molar-refractivity contribution >= 4 is 12.0 Å². The summed E-state index contributed by atoms with van der Waals surface area (Å²) >= 11 is 0. The number of urea groups is 1. The van der Waals surface area contributed by atoms with Crippen LogP contribution in [0.4, 0.5) is 4.79 Å². The van der Waals surface area contributed by atoms with E-state index in [0.29, 0.717) is 25.0 Å². The Bertz CT molecular complexity index is 367. The molecule has 2 saturated carbocycles. The van der Waals surface area contributed by atoms with E-state index < -0.39 is 12.0 Å². The number of carbonyl (C=O) groups is 2. The number of amides is 2. The topological polar surface area (TPSA) is 78.9 Å². The molecule has 106 valence electrons. The van der Waals surface area contributed by atoms with Crippen LogP contribution >= 0.6 is 0 Å². The average Bonchev–Trinajstić information content (AvgIpc) is 3.29. The summed E-state index contributed by atoms with van der Waals surface area (Å²) in [7, 11) is 0. The number of ether oxygens (including phenoxy) is 1. The van der Waals surface area contributed by atoms with Crippen molar-refractivity contribution in [1.29, 1.82) is 0 Å². The van der Waals surface area contributed by atoms with Crippen LogP contribution in [0.2, 0.25) is 0 Å². The number of nitrogens with one attached hydrogen (secondary N) is 1. The Balaban J connectivity index is 1.62. The average molecular weight is 268 g/mol. The molecule has 1 atom stereocenters. The first kappa shape index (κ1) is 12.7. The number of carbonyl (C=O) groups excluding carboxylic acids is 1. The maximum Gasteiger partial charge on any atom is 0.328 e. The smallest absolute Gasteiger partial charge is 0.328 e. The maximum absolute atomic E-state index is 12.3. The van der Waals surface area contributed by atoms with E-state index in [0.717, 1.165) is 0 Å². The van der Waals surface area contributed by atoms with Crippen molar-refractivity contribution in [3.63, 3.8) is 0 Å². The van der Waals surface area contributed by atoms with Crippen LogP contribution in [0.25, 0.3) is 0 Å². The molecule has 6 heteroatoms. The summed E-state index contributed by atoms with van der Waals surface area (Å²) in [6, 6.07) is -0.836. The second-order valence-corrected chi connectivity index (χ2v) is 5.77. The number of nitrogens with zero attached hydrogens (tertiary/aromatic N) is 1. The van der Waals surface area contributed by atoms with Gasteiger partial charge in [-0.25, -0.2) is 9.59 Å². The van der Waals surface area contributed by atoms with E-state index in [2.05, 4.69) is 5.32 Å². The molecule has 1 unspecified atom stereocenters. The molecule has 0 bridgehead atoms. The van der Waals surface area contributed by atoms with E-state index in [1.165, 1.54) is 30.6 Å². The molecule has 1 heterocycles. The molecule has 1 saturated heterocycles. The highest BCUT2D eigenvalue weighted by molar-refractivity contribution is 5.83. The van der Waals surface area contributed by atoms with Gasteiger partial charge in [-0.1, -0.05) is 0 Å². The van der Waals surface area contributed by atoms with Gasteiger partial charge in [0.25, 0.3) is 0 Å². The van der Waals surface area contributed by atoms with Gasteiger partial charge < -0.3 is 20.1 Å². The van der Waals surface area contributed by atoms with Gasteiger partial charge in [0.15, 0.2) is 6.04 Å². The normalized spacial score (nSPS) is 27.4. The summed E-state index contributed by atoms with van der Waals surface area (Å²) in [6.07, 6.45) is 4.75. The number of carboxylic acids is 1. The molecular weight excluding hydrogens is 248 g/mol. The quantitative estimate of drug-likeness (QED) is 0.785. The zero-order chi connectivity index (χ0) is 13.4. The molecule has 3 rings (SSSR count). The second kappa shape index (κ2) is 5.00. The zero-order valence-corrected chi connectivity index (χ0v) is 10.9. The first-order chi connectivity index (χ1) is 9.16. The van der Waals surface area contributed by atoms with Crippen LogP contribution in [0.5, 0.6) is 0 Å². The number of aliphatic carboxylic acids is 1. The summed E-state index contributed by atoms with van der Waals surface area (Å²) < 4.78 is 5.15. The summed E-state index contributed by atoms with van der Waals surface area (Å²) in [6.45, 7) is 0.847. The van der Waals surface area contributed by atoms with Crippen molar-refractivity contribution in [3.8, 4) is 0 Å². The number of morpholine rings is 1. The molecule has 3 aliphatic rings. The molecule has 19 heavy (non-hydrogen) atoms. The minimum Gasteiger partial charge on any atom is -0.480 e. The standard InChI is InChI=1S/C13H20N2O4/c16-12(17)10-7-19-6-5-15(10)13(18)14-11(8-1-2-8)9-3-4-9/h8-11H,1-7H2,(H,14,18)(H,16,17). The molecule has 0 aromatic carbocycles. The van der Waals surface area contributed by atoms with Crippen LogP contribution in [0.15, 0.2) is 0 Å². The molecule has 2 N–H and O–H groups in total. The molecule has 0 aromatic rings. The predicted octanol–water partition coefficient (Wildman–Crippen LogP) is 0.670. The van der Waals surface area contributed by atoms with Crippen molar-refractivity contribution in [1.82, 2.24) is 10.2 Å². The van der Waals surface area contributed by atoms with Crippen LogP contribution in [0, 0.1) is 11.8 Å². The number of hydrogen-bond acceptors (Lipinski definition) is 3. The molecule has 3 fully saturated rings. The maximum atomic E-state index is 12.3. The fourth-order valence-electron chi connectivity index (χ4n) is 2.81. The SMILES string of the molecule is O=C(O)C1COCCN1C(=O)NC(C1CC1)C1CC1. The lowest BCUT2D eigenvalue weighted by Gasteiger charge is -2.34. The van der Waals surface area contributed by atoms with Crippen molar-refractivity contribution in [2.75, 3.05) is 19.8 Å². The Morgan fingerprint density at radius 1 is 1.21 bits per heavy atom. The number of rotatable bonds is 4. The van der Waals surface area contributed by atoms with Crippen molar-refractivity contribution in [3.05, 3.63) is 0 Å². The minimum atomic E-state index is -0.996. The lowest BCUT2D eigenvalue weighted by atomic mass is 10.1. The number of carboxylic acid groups (broad SMARTS) is 1. The minimum absolute atomic E-state index is 0.0836. The van der Waals surface area contributed by atoms with E-state index in [-0.39, 0.29) is 18.7 Å². The van der Waals surface area contributed by atoms with Crippen molar-refractivity contribution < 1.29 is 19.4 Å². The molecule has 2 aliphatic carbocycles. The summed E-state index contributed by atoms with van der Waals surface area (Å²) in [4.78, 5) is 24.8.